The highest BCUT2D eigenvalue weighted by atomic mass is 35.5. The van der Waals surface area contributed by atoms with Crippen LogP contribution in [0.25, 0.3) is 11.0 Å². The van der Waals surface area contributed by atoms with Crippen molar-refractivity contribution in [2.45, 2.75) is 18.7 Å². The molecule has 0 bridgehead atoms. The Kier molecular flexibility index (Phi) is 6.54. The van der Waals surface area contributed by atoms with Gasteiger partial charge in [-0.3, -0.25) is 18.7 Å². The third-order valence-corrected chi connectivity index (χ3v) is 7.60. The summed E-state index contributed by atoms with van der Waals surface area (Å²) in [4.78, 5) is 41.2. The molecule has 1 N–H and O–H groups in total. The van der Waals surface area contributed by atoms with E-state index in [4.69, 9.17) is 11.6 Å². The van der Waals surface area contributed by atoms with Crippen LogP contribution in [0.1, 0.15) is 24.2 Å². The number of nitrogens with zero attached hydrogens (tertiary/aromatic N) is 4. The van der Waals surface area contributed by atoms with Crippen LogP contribution in [0, 0.1) is 0 Å². The van der Waals surface area contributed by atoms with Gasteiger partial charge in [-0.15, -0.1) is 0 Å². The second-order valence-electron chi connectivity index (χ2n) is 6.99. The molecule has 1 aromatic carbocycles. The van der Waals surface area contributed by atoms with Crippen molar-refractivity contribution in [2.75, 3.05) is 18.4 Å². The molecule has 3 rings (SSSR count). The minimum absolute atomic E-state index is 0.00485. The predicted molar refractivity (Wildman–Crippen MR) is 122 cm³/mol. The molecule has 2 aromatic heterocycles. The molecule has 0 aliphatic heterocycles. The molecule has 0 unspecified atom stereocenters. The third kappa shape index (κ3) is 4.06. The van der Waals surface area contributed by atoms with Gasteiger partial charge in [0.05, 0.1) is 22.3 Å². The van der Waals surface area contributed by atoms with E-state index in [0.717, 1.165) is 4.57 Å². The molecule has 0 fully saturated rings. The molecule has 12 heteroatoms. The predicted octanol–water partition coefficient (Wildman–Crippen LogP) is 1.57. The first-order valence-electron chi connectivity index (χ1n) is 9.69. The second-order valence-corrected chi connectivity index (χ2v) is 9.30. The molecule has 0 aliphatic carbocycles. The van der Waals surface area contributed by atoms with Gasteiger partial charge in [0.25, 0.3) is 11.5 Å². The lowest BCUT2D eigenvalue weighted by Gasteiger charge is -2.19. The fraction of sp³-hybridized carbons (Fsp3) is 0.300. The first-order valence-corrected chi connectivity index (χ1v) is 11.5. The molecular weight excluding hydrogens is 458 g/mol. The summed E-state index contributed by atoms with van der Waals surface area (Å²) in [6, 6.07) is 5.36. The Morgan fingerprint density at radius 1 is 1.12 bits per heavy atom. The quantitative estimate of drug-likeness (QED) is 0.572. The van der Waals surface area contributed by atoms with Crippen molar-refractivity contribution in [3.8, 4) is 0 Å². The Morgan fingerprint density at radius 2 is 1.78 bits per heavy atom. The average molecular weight is 480 g/mol. The minimum Gasteiger partial charge on any atom is -0.321 e. The van der Waals surface area contributed by atoms with E-state index >= 15 is 0 Å². The van der Waals surface area contributed by atoms with E-state index < -0.39 is 27.2 Å². The average Bonchev–Trinajstić information content (AvgIpc) is 2.76. The van der Waals surface area contributed by atoms with Gasteiger partial charge in [0.2, 0.25) is 10.0 Å². The maximum atomic E-state index is 12.9. The normalized spacial score (nSPS) is 11.8. The highest BCUT2D eigenvalue weighted by Gasteiger charge is 2.25. The van der Waals surface area contributed by atoms with Gasteiger partial charge in [0.15, 0.2) is 0 Å². The number of halogens is 1. The number of carbonyl (C=O) groups is 1. The fourth-order valence-electron chi connectivity index (χ4n) is 3.28. The monoisotopic (exact) mass is 479 g/mol. The summed E-state index contributed by atoms with van der Waals surface area (Å²) in [7, 11) is -1.04. The molecule has 32 heavy (non-hydrogen) atoms. The lowest BCUT2D eigenvalue weighted by atomic mass is 10.2. The smallest absolute Gasteiger partial charge is 0.321 e. The second kappa shape index (κ2) is 8.85. The van der Waals surface area contributed by atoms with E-state index in [-0.39, 0.29) is 45.3 Å². The van der Waals surface area contributed by atoms with E-state index in [0.29, 0.717) is 0 Å². The summed E-state index contributed by atoms with van der Waals surface area (Å²) in [6.45, 7) is 3.92. The van der Waals surface area contributed by atoms with Gasteiger partial charge in [-0.05, 0) is 24.3 Å². The first kappa shape index (κ1) is 23.6. The lowest BCUT2D eigenvalue weighted by molar-refractivity contribution is 0.102. The van der Waals surface area contributed by atoms with Crippen LogP contribution in [0.5, 0.6) is 0 Å². The number of amides is 1. The molecule has 1 amide bonds. The van der Waals surface area contributed by atoms with Crippen LogP contribution >= 0.6 is 11.6 Å². The highest BCUT2D eigenvalue weighted by Crippen LogP contribution is 2.26. The minimum atomic E-state index is -3.88. The van der Waals surface area contributed by atoms with Crippen molar-refractivity contribution in [2.24, 2.45) is 14.1 Å². The summed E-state index contributed by atoms with van der Waals surface area (Å²) in [5.74, 6) is -0.611. The molecule has 0 saturated heterocycles. The van der Waals surface area contributed by atoms with Crippen molar-refractivity contribution in [3.63, 3.8) is 0 Å². The summed E-state index contributed by atoms with van der Waals surface area (Å²) in [5.41, 5.74) is -0.620. The van der Waals surface area contributed by atoms with Gasteiger partial charge < -0.3 is 5.32 Å². The maximum Gasteiger partial charge on any atom is 0.332 e. The number of aromatic nitrogens is 3. The Balaban J connectivity index is 2.00. The summed E-state index contributed by atoms with van der Waals surface area (Å²) < 4.78 is 29.1. The van der Waals surface area contributed by atoms with E-state index in [9.17, 15) is 22.8 Å². The van der Waals surface area contributed by atoms with Crippen LogP contribution in [0.4, 0.5) is 5.69 Å². The molecule has 3 aromatic rings. The molecular formula is C20H22ClN5O5S. The SMILES string of the molecule is CCN(CC)S(=O)(=O)c1cc(C(=O)Nc2cnc3c(c2)c(=O)n(C)c(=O)n3C)ccc1Cl. The number of nitrogens with one attached hydrogen (secondary N) is 1. The van der Waals surface area contributed by atoms with E-state index in [2.05, 4.69) is 10.3 Å². The van der Waals surface area contributed by atoms with E-state index in [1.165, 1.54) is 53.4 Å². The Morgan fingerprint density at radius 3 is 2.41 bits per heavy atom. The van der Waals surface area contributed by atoms with Crippen LogP contribution in [-0.2, 0) is 24.1 Å². The number of benzene rings is 1. The zero-order chi connectivity index (χ0) is 23.8. The van der Waals surface area contributed by atoms with Crippen LogP contribution < -0.4 is 16.6 Å². The van der Waals surface area contributed by atoms with E-state index in [1.54, 1.807) is 13.8 Å². The molecule has 0 atom stereocenters. The van der Waals surface area contributed by atoms with Crippen molar-refractivity contribution in [3.05, 3.63) is 61.9 Å². The molecule has 0 radical (unpaired) electrons. The third-order valence-electron chi connectivity index (χ3n) is 5.07. The number of rotatable bonds is 6. The Labute approximate surface area is 189 Å². The highest BCUT2D eigenvalue weighted by molar-refractivity contribution is 7.89. The lowest BCUT2D eigenvalue weighted by Crippen LogP contribution is -2.37. The van der Waals surface area contributed by atoms with Crippen molar-refractivity contribution in [1.82, 2.24) is 18.4 Å². The van der Waals surface area contributed by atoms with Crippen molar-refractivity contribution in [1.29, 1.82) is 0 Å². The number of hydrogen-bond donors (Lipinski definition) is 1. The van der Waals surface area contributed by atoms with Gasteiger partial charge in [-0.1, -0.05) is 25.4 Å². The van der Waals surface area contributed by atoms with Crippen molar-refractivity contribution < 1.29 is 13.2 Å². The Hall–Kier alpha value is -3.02. The van der Waals surface area contributed by atoms with Gasteiger partial charge in [-0.25, -0.2) is 18.2 Å². The largest absolute Gasteiger partial charge is 0.332 e. The van der Waals surface area contributed by atoms with Gasteiger partial charge in [0.1, 0.15) is 10.5 Å². The Bertz CT molecular complexity index is 1440. The van der Waals surface area contributed by atoms with E-state index in [1.807, 2.05) is 0 Å². The summed E-state index contributed by atoms with van der Waals surface area (Å²) in [5, 5.41) is 2.75. The van der Waals surface area contributed by atoms with Crippen LogP contribution in [0.2, 0.25) is 5.02 Å². The van der Waals surface area contributed by atoms with Gasteiger partial charge in [-0.2, -0.15) is 4.31 Å². The topological polar surface area (TPSA) is 123 Å². The molecule has 2 heterocycles. The van der Waals surface area contributed by atoms with Crippen molar-refractivity contribution >= 4 is 44.3 Å². The first-order chi connectivity index (χ1) is 15.0. The number of fused-ring (bicyclic) bond motifs is 1. The number of aryl methyl sites for hydroxylation is 1. The molecule has 10 nitrogen and oxygen atoms in total. The number of pyridine rings is 1. The molecule has 170 valence electrons. The van der Waals surface area contributed by atoms with Crippen LogP contribution in [0.3, 0.4) is 0 Å². The zero-order valence-corrected chi connectivity index (χ0v) is 19.5. The number of carbonyl (C=O) groups excluding carboxylic acids is 1. The maximum absolute atomic E-state index is 12.9. The van der Waals surface area contributed by atoms with Gasteiger partial charge >= 0.3 is 5.69 Å². The van der Waals surface area contributed by atoms with Crippen LogP contribution in [0.15, 0.2) is 44.9 Å². The van der Waals surface area contributed by atoms with Crippen LogP contribution in [-0.4, -0.2) is 45.8 Å². The number of hydrogen-bond acceptors (Lipinski definition) is 6. The van der Waals surface area contributed by atoms with Gasteiger partial charge in [0, 0.05) is 32.7 Å². The molecule has 0 aliphatic rings. The summed E-state index contributed by atoms with van der Waals surface area (Å²) in [6.07, 6.45) is 1.31. The zero-order valence-electron chi connectivity index (χ0n) is 17.9. The standard InChI is InChI=1S/C20H22ClN5O5S/c1-5-26(6-2)32(30,31)16-9-12(7-8-15(16)21)18(27)23-13-10-14-17(22-11-13)24(3)20(29)25(4)19(14)28/h7-11H,5-6H2,1-4H3,(H,23,27). The number of anilines is 1. The summed E-state index contributed by atoms with van der Waals surface area (Å²) >= 11 is 6.12. The molecule has 0 spiro atoms. The number of sulfonamides is 1. The fourth-order valence-corrected chi connectivity index (χ4v) is 5.24. The molecule has 0 saturated carbocycles.